The van der Waals surface area contributed by atoms with Crippen LogP contribution in [0.4, 0.5) is 0 Å². The molecule has 3 heterocycles. The molecule has 0 aromatic carbocycles. The molecule has 3 N–H and O–H groups in total. The highest BCUT2D eigenvalue weighted by molar-refractivity contribution is 5.90. The number of hydrogen-bond acceptors (Lipinski definition) is 7. The number of esters is 1. The van der Waals surface area contributed by atoms with Crippen LogP contribution in [0, 0.1) is 0 Å². The summed E-state index contributed by atoms with van der Waals surface area (Å²) >= 11 is 0. The number of rotatable bonds is 8. The van der Waals surface area contributed by atoms with Crippen LogP contribution >= 0.6 is 0 Å². The minimum atomic E-state index is -0.608. The Kier molecular flexibility index (Phi) is 8.11. The van der Waals surface area contributed by atoms with E-state index in [9.17, 15) is 9.59 Å². The lowest BCUT2D eigenvalue weighted by atomic mass is 9.87. The molecular formula is C25H36N4O4. The average molecular weight is 457 g/mol. The standard InChI is InChI=1S/C25H36N4O4/c26-23(30)8-6-19-5-7-21(27-17-19)18-29-13-9-20(10-14-29)28-25(11-15-32-16-12-25)24(31)33-22-3-1-2-4-22/h5-8,17,20,22,28H,1-4,9-16,18H2,(H2,26,30). The molecular weight excluding hydrogens is 420 g/mol. The lowest BCUT2D eigenvalue weighted by Gasteiger charge is -2.41. The van der Waals surface area contributed by atoms with Crippen molar-refractivity contribution in [2.45, 2.75) is 75.6 Å². The Labute approximate surface area is 195 Å². The molecule has 1 aliphatic carbocycles. The Morgan fingerprint density at radius 3 is 2.55 bits per heavy atom. The van der Waals surface area contributed by atoms with E-state index in [-0.39, 0.29) is 12.1 Å². The molecule has 4 rings (SSSR count). The molecule has 8 nitrogen and oxygen atoms in total. The molecule has 180 valence electrons. The molecule has 1 aromatic heterocycles. The smallest absolute Gasteiger partial charge is 0.326 e. The molecule has 1 aromatic rings. The lowest BCUT2D eigenvalue weighted by Crippen LogP contribution is -2.61. The van der Waals surface area contributed by atoms with Crippen LogP contribution in [0.25, 0.3) is 6.08 Å². The minimum absolute atomic E-state index is 0.0743. The molecule has 8 heteroatoms. The number of amides is 1. The number of carbonyl (C=O) groups is 2. The van der Waals surface area contributed by atoms with E-state index in [0.29, 0.717) is 32.1 Å². The Hall–Kier alpha value is -2.29. The molecule has 2 saturated heterocycles. The normalized spacial score (nSPS) is 22.5. The first-order valence-corrected chi connectivity index (χ1v) is 12.2. The zero-order chi connectivity index (χ0) is 23.1. The fourth-order valence-corrected chi connectivity index (χ4v) is 5.06. The molecule has 3 aliphatic rings. The molecule has 2 aliphatic heterocycles. The van der Waals surface area contributed by atoms with Crippen molar-refractivity contribution < 1.29 is 19.1 Å². The number of nitrogens with one attached hydrogen (secondary N) is 1. The predicted octanol–water partition coefficient (Wildman–Crippen LogP) is 2.17. The number of aromatic nitrogens is 1. The molecule has 0 radical (unpaired) electrons. The van der Waals surface area contributed by atoms with Crippen molar-refractivity contribution in [3.8, 4) is 0 Å². The maximum Gasteiger partial charge on any atom is 0.326 e. The fraction of sp³-hybridized carbons (Fsp3) is 0.640. The van der Waals surface area contributed by atoms with Crippen LogP contribution in [0.15, 0.2) is 24.4 Å². The highest BCUT2D eigenvalue weighted by Gasteiger charge is 2.44. The van der Waals surface area contributed by atoms with Gasteiger partial charge < -0.3 is 15.2 Å². The van der Waals surface area contributed by atoms with Crippen LogP contribution in [-0.2, 0) is 25.6 Å². The van der Waals surface area contributed by atoms with E-state index in [1.807, 2.05) is 12.1 Å². The monoisotopic (exact) mass is 456 g/mol. The third-order valence-corrected chi connectivity index (χ3v) is 7.05. The fourth-order valence-electron chi connectivity index (χ4n) is 5.06. The number of ether oxygens (including phenoxy) is 2. The molecule has 33 heavy (non-hydrogen) atoms. The summed E-state index contributed by atoms with van der Waals surface area (Å²) in [6.45, 7) is 3.89. The zero-order valence-electron chi connectivity index (χ0n) is 19.3. The van der Waals surface area contributed by atoms with Crippen LogP contribution in [-0.4, -0.2) is 65.7 Å². The Balaban J connectivity index is 1.28. The van der Waals surface area contributed by atoms with E-state index in [2.05, 4.69) is 15.2 Å². The van der Waals surface area contributed by atoms with E-state index in [1.54, 1.807) is 12.3 Å². The summed E-state index contributed by atoms with van der Waals surface area (Å²) in [7, 11) is 0. The van der Waals surface area contributed by atoms with Crippen molar-refractivity contribution in [3.05, 3.63) is 35.7 Å². The van der Waals surface area contributed by atoms with Gasteiger partial charge in [-0.05, 0) is 69.1 Å². The van der Waals surface area contributed by atoms with Crippen LogP contribution in [0.5, 0.6) is 0 Å². The van der Waals surface area contributed by atoms with Gasteiger partial charge in [0.2, 0.25) is 5.91 Å². The number of primary amides is 1. The van der Waals surface area contributed by atoms with Gasteiger partial charge in [0.05, 0.1) is 5.69 Å². The number of likely N-dealkylation sites (tertiary alicyclic amines) is 1. The minimum Gasteiger partial charge on any atom is -0.461 e. The lowest BCUT2D eigenvalue weighted by molar-refractivity contribution is -0.162. The van der Waals surface area contributed by atoms with Gasteiger partial charge in [0, 0.05) is 51.2 Å². The second-order valence-corrected chi connectivity index (χ2v) is 9.52. The predicted molar refractivity (Wildman–Crippen MR) is 125 cm³/mol. The Bertz CT molecular complexity index is 821. The van der Waals surface area contributed by atoms with Crippen LogP contribution in [0.1, 0.15) is 62.6 Å². The summed E-state index contributed by atoms with van der Waals surface area (Å²) in [6.07, 6.45) is 12.5. The number of nitrogens with zero attached hydrogens (tertiary/aromatic N) is 2. The number of carbonyl (C=O) groups excluding carboxylic acids is 2. The van der Waals surface area contributed by atoms with Crippen molar-refractivity contribution in [2.24, 2.45) is 5.73 Å². The molecule has 1 saturated carbocycles. The molecule has 3 fully saturated rings. The molecule has 0 spiro atoms. The van der Waals surface area contributed by atoms with Crippen LogP contribution < -0.4 is 11.1 Å². The van der Waals surface area contributed by atoms with Gasteiger partial charge in [0.1, 0.15) is 11.6 Å². The highest BCUT2D eigenvalue weighted by atomic mass is 16.5. The number of nitrogens with two attached hydrogens (primary N) is 1. The highest BCUT2D eigenvalue weighted by Crippen LogP contribution is 2.29. The largest absolute Gasteiger partial charge is 0.461 e. The molecule has 1 amide bonds. The zero-order valence-corrected chi connectivity index (χ0v) is 19.3. The van der Waals surface area contributed by atoms with Gasteiger partial charge in [-0.25, -0.2) is 0 Å². The van der Waals surface area contributed by atoms with Crippen molar-refractivity contribution >= 4 is 18.0 Å². The van der Waals surface area contributed by atoms with E-state index in [0.717, 1.165) is 69.4 Å². The second-order valence-electron chi connectivity index (χ2n) is 9.52. The Morgan fingerprint density at radius 2 is 1.91 bits per heavy atom. The Morgan fingerprint density at radius 1 is 1.18 bits per heavy atom. The average Bonchev–Trinajstić information content (AvgIpc) is 3.33. The van der Waals surface area contributed by atoms with Crippen molar-refractivity contribution in [3.63, 3.8) is 0 Å². The van der Waals surface area contributed by atoms with E-state index >= 15 is 0 Å². The second kappa shape index (κ2) is 11.2. The first-order valence-electron chi connectivity index (χ1n) is 12.2. The summed E-state index contributed by atoms with van der Waals surface area (Å²) in [5.74, 6) is -0.542. The van der Waals surface area contributed by atoms with Crippen molar-refractivity contribution in [1.82, 2.24) is 15.2 Å². The van der Waals surface area contributed by atoms with E-state index in [1.165, 1.54) is 6.08 Å². The maximum atomic E-state index is 13.2. The van der Waals surface area contributed by atoms with Gasteiger partial charge in [0.15, 0.2) is 0 Å². The summed E-state index contributed by atoms with van der Waals surface area (Å²) in [6, 6.07) is 4.23. The van der Waals surface area contributed by atoms with Crippen LogP contribution in [0.2, 0.25) is 0 Å². The van der Waals surface area contributed by atoms with E-state index < -0.39 is 11.4 Å². The number of piperidine rings is 1. The summed E-state index contributed by atoms with van der Waals surface area (Å²) in [5.41, 5.74) is 6.38. The van der Waals surface area contributed by atoms with Gasteiger partial charge in [-0.15, -0.1) is 0 Å². The third kappa shape index (κ3) is 6.62. The summed E-state index contributed by atoms with van der Waals surface area (Å²) < 4.78 is 11.5. The van der Waals surface area contributed by atoms with Gasteiger partial charge >= 0.3 is 5.97 Å². The number of hydrogen-bond donors (Lipinski definition) is 2. The first kappa shape index (κ1) is 23.9. The van der Waals surface area contributed by atoms with Gasteiger partial charge in [-0.3, -0.25) is 24.8 Å². The maximum absolute atomic E-state index is 13.2. The van der Waals surface area contributed by atoms with Gasteiger partial charge in [0.25, 0.3) is 0 Å². The summed E-state index contributed by atoms with van der Waals surface area (Å²) in [4.78, 5) is 30.9. The van der Waals surface area contributed by atoms with Gasteiger partial charge in [-0.2, -0.15) is 0 Å². The molecule has 0 bridgehead atoms. The SMILES string of the molecule is NC(=O)C=Cc1ccc(CN2CCC(NC3(C(=O)OC4CCCC4)CCOCC3)CC2)nc1. The quantitative estimate of drug-likeness (QED) is 0.456. The first-order chi connectivity index (χ1) is 16.0. The summed E-state index contributed by atoms with van der Waals surface area (Å²) in [5, 5.41) is 3.72. The van der Waals surface area contributed by atoms with Crippen molar-refractivity contribution in [2.75, 3.05) is 26.3 Å². The number of pyridine rings is 1. The van der Waals surface area contributed by atoms with Crippen molar-refractivity contribution in [1.29, 1.82) is 0 Å². The molecule has 0 unspecified atom stereocenters. The molecule has 0 atom stereocenters. The van der Waals surface area contributed by atoms with Crippen LogP contribution in [0.3, 0.4) is 0 Å². The van der Waals surface area contributed by atoms with E-state index in [4.69, 9.17) is 15.2 Å². The van der Waals surface area contributed by atoms with Gasteiger partial charge in [-0.1, -0.05) is 6.07 Å². The topological polar surface area (TPSA) is 107 Å². The third-order valence-electron chi connectivity index (χ3n) is 7.05.